The number of carbonyl (C=O) groups excluding carboxylic acids is 2. The fourth-order valence-electron chi connectivity index (χ4n) is 5.57. The number of nitrogens with one attached hydrogen (secondary N) is 2. The molecule has 0 aliphatic heterocycles. The van der Waals surface area contributed by atoms with E-state index in [1.807, 2.05) is 0 Å². The lowest BCUT2D eigenvalue weighted by molar-refractivity contribution is -0.139. The van der Waals surface area contributed by atoms with Crippen LogP contribution in [0.2, 0.25) is 5.02 Å². The van der Waals surface area contributed by atoms with Gasteiger partial charge in [0.25, 0.3) is 0 Å². The first-order valence-corrected chi connectivity index (χ1v) is 9.52. The van der Waals surface area contributed by atoms with Crippen molar-refractivity contribution in [2.75, 3.05) is 5.32 Å². The molecule has 4 nitrogen and oxygen atoms in total. The molecule has 0 heterocycles. The minimum atomic E-state index is -4.64. The van der Waals surface area contributed by atoms with Crippen LogP contribution in [0.3, 0.4) is 0 Å². The number of amides is 2. The number of benzene rings is 1. The van der Waals surface area contributed by atoms with Crippen LogP contribution in [0, 0.1) is 17.8 Å². The summed E-state index contributed by atoms with van der Waals surface area (Å²) in [7, 11) is 0. The summed E-state index contributed by atoms with van der Waals surface area (Å²) in [4.78, 5) is 24.7. The molecule has 4 aliphatic carbocycles. The first-order valence-electron chi connectivity index (χ1n) is 9.14. The second kappa shape index (κ2) is 6.40. The molecule has 4 aliphatic rings. The van der Waals surface area contributed by atoms with Gasteiger partial charge in [-0.3, -0.25) is 9.59 Å². The van der Waals surface area contributed by atoms with Crippen LogP contribution in [0.5, 0.6) is 0 Å². The zero-order valence-corrected chi connectivity index (χ0v) is 15.3. The van der Waals surface area contributed by atoms with Gasteiger partial charge in [-0.1, -0.05) is 11.6 Å². The maximum atomic E-state index is 12.9. The largest absolute Gasteiger partial charge is 0.417 e. The second-order valence-electron chi connectivity index (χ2n) is 8.30. The average Bonchev–Trinajstić information content (AvgIpc) is 2.53. The molecule has 0 atom stereocenters. The fourth-order valence-corrected chi connectivity index (χ4v) is 5.79. The van der Waals surface area contributed by atoms with Crippen molar-refractivity contribution in [2.45, 2.75) is 50.2 Å². The van der Waals surface area contributed by atoms with Crippen LogP contribution in [-0.2, 0) is 15.8 Å². The van der Waals surface area contributed by atoms with Crippen molar-refractivity contribution >= 4 is 29.1 Å². The number of rotatable bonds is 2. The zero-order chi connectivity index (χ0) is 19.4. The summed E-state index contributed by atoms with van der Waals surface area (Å²) in [6.45, 7) is 0. The molecule has 8 heteroatoms. The Kier molecular flexibility index (Phi) is 4.41. The molecule has 146 valence electrons. The Balaban J connectivity index is 1.44. The molecular weight excluding hydrogens is 381 g/mol. The lowest BCUT2D eigenvalue weighted by Crippen LogP contribution is -2.61. The van der Waals surface area contributed by atoms with Gasteiger partial charge in [0.1, 0.15) is 0 Å². The third kappa shape index (κ3) is 3.66. The Hall–Kier alpha value is -1.76. The summed E-state index contributed by atoms with van der Waals surface area (Å²) in [5.74, 6) is 0.0577. The Morgan fingerprint density at radius 2 is 1.56 bits per heavy atom. The topological polar surface area (TPSA) is 58.2 Å². The lowest BCUT2D eigenvalue weighted by atomic mass is 9.53. The predicted octanol–water partition coefficient (Wildman–Crippen LogP) is 4.38. The summed E-state index contributed by atoms with van der Waals surface area (Å²) < 4.78 is 38.8. The zero-order valence-electron chi connectivity index (χ0n) is 14.5. The molecule has 1 aromatic rings. The van der Waals surface area contributed by atoms with Gasteiger partial charge in [0, 0.05) is 11.2 Å². The first-order chi connectivity index (χ1) is 12.6. The van der Waals surface area contributed by atoms with E-state index in [2.05, 4.69) is 10.6 Å². The highest BCUT2D eigenvalue weighted by Crippen LogP contribution is 2.55. The van der Waals surface area contributed by atoms with Crippen molar-refractivity contribution in [3.8, 4) is 0 Å². The lowest BCUT2D eigenvalue weighted by Gasteiger charge is -2.56. The molecule has 0 spiro atoms. The number of hydrogen-bond donors (Lipinski definition) is 2. The third-order valence-electron chi connectivity index (χ3n) is 6.15. The maximum absolute atomic E-state index is 12.9. The highest BCUT2D eigenvalue weighted by atomic mass is 35.5. The first kappa shape index (κ1) is 18.6. The Morgan fingerprint density at radius 3 is 2.07 bits per heavy atom. The van der Waals surface area contributed by atoms with Crippen LogP contribution in [-0.4, -0.2) is 17.4 Å². The second-order valence-corrected chi connectivity index (χ2v) is 8.71. The minimum absolute atomic E-state index is 0.114. The SMILES string of the molecule is O=C(Nc1ccc(Cl)c(C(F)(F)F)c1)C(=O)NC12CC3CC(CC(C3)C1)C2. The van der Waals surface area contributed by atoms with Crippen LogP contribution in [0.1, 0.15) is 44.1 Å². The van der Waals surface area contributed by atoms with Gasteiger partial charge in [-0.2, -0.15) is 13.2 Å². The standard InChI is InChI=1S/C19H20ClF3N2O2/c20-15-2-1-13(6-14(15)19(21,22)23)24-16(26)17(27)25-18-7-10-3-11(8-18)5-12(4-10)9-18/h1-2,6,10-12H,3-5,7-9H2,(H,24,26)(H,25,27). The van der Waals surface area contributed by atoms with E-state index in [1.165, 1.54) is 25.3 Å². The highest BCUT2D eigenvalue weighted by Gasteiger charge is 2.51. The molecule has 2 amide bonds. The van der Waals surface area contributed by atoms with E-state index in [0.29, 0.717) is 17.8 Å². The van der Waals surface area contributed by atoms with Crippen LogP contribution >= 0.6 is 11.6 Å². The van der Waals surface area contributed by atoms with Crippen molar-refractivity contribution in [3.63, 3.8) is 0 Å². The van der Waals surface area contributed by atoms with Gasteiger partial charge in [-0.25, -0.2) is 0 Å². The number of carbonyl (C=O) groups is 2. The van der Waals surface area contributed by atoms with Gasteiger partial charge in [0.05, 0.1) is 10.6 Å². The molecule has 27 heavy (non-hydrogen) atoms. The highest BCUT2D eigenvalue weighted by molar-refractivity contribution is 6.40. The summed E-state index contributed by atoms with van der Waals surface area (Å²) in [6.07, 6.45) is 1.62. The van der Waals surface area contributed by atoms with Crippen LogP contribution in [0.25, 0.3) is 0 Å². The fraction of sp³-hybridized carbons (Fsp3) is 0.579. The van der Waals surface area contributed by atoms with Crippen LogP contribution in [0.4, 0.5) is 18.9 Å². The number of anilines is 1. The summed E-state index contributed by atoms with van der Waals surface area (Å²) in [5.41, 5.74) is -1.50. The average molecular weight is 401 g/mol. The molecule has 1 aromatic carbocycles. The summed E-state index contributed by atoms with van der Waals surface area (Å²) >= 11 is 5.57. The van der Waals surface area contributed by atoms with E-state index < -0.39 is 28.6 Å². The molecule has 0 saturated heterocycles. The smallest absolute Gasteiger partial charge is 0.342 e. The molecule has 0 aromatic heterocycles. The molecule has 0 radical (unpaired) electrons. The molecule has 0 unspecified atom stereocenters. The Bertz CT molecular complexity index is 758. The quantitative estimate of drug-likeness (QED) is 0.724. The molecule has 4 saturated carbocycles. The van der Waals surface area contributed by atoms with E-state index in [4.69, 9.17) is 11.6 Å². The van der Waals surface area contributed by atoms with E-state index in [0.717, 1.165) is 31.4 Å². The number of hydrogen-bond acceptors (Lipinski definition) is 2. The summed E-state index contributed by atoms with van der Waals surface area (Å²) in [6, 6.07) is 3.03. The van der Waals surface area contributed by atoms with Gasteiger partial charge in [0.2, 0.25) is 0 Å². The molecular formula is C19H20ClF3N2O2. The van der Waals surface area contributed by atoms with Crippen LogP contribution in [0.15, 0.2) is 18.2 Å². The normalized spacial score (nSPS) is 31.6. The van der Waals surface area contributed by atoms with Gasteiger partial charge >= 0.3 is 18.0 Å². The van der Waals surface area contributed by atoms with Crippen molar-refractivity contribution in [2.24, 2.45) is 17.8 Å². The van der Waals surface area contributed by atoms with Crippen LogP contribution < -0.4 is 10.6 Å². The van der Waals surface area contributed by atoms with Gasteiger partial charge < -0.3 is 10.6 Å². The van der Waals surface area contributed by atoms with Crippen molar-refractivity contribution < 1.29 is 22.8 Å². The van der Waals surface area contributed by atoms with Crippen molar-refractivity contribution in [1.29, 1.82) is 0 Å². The third-order valence-corrected chi connectivity index (χ3v) is 6.48. The minimum Gasteiger partial charge on any atom is -0.342 e. The molecule has 5 rings (SSSR count). The van der Waals surface area contributed by atoms with E-state index in [1.54, 1.807) is 0 Å². The Morgan fingerprint density at radius 1 is 1.00 bits per heavy atom. The van der Waals surface area contributed by atoms with E-state index >= 15 is 0 Å². The van der Waals surface area contributed by atoms with Gasteiger partial charge in [-0.05, 0) is 74.5 Å². The van der Waals surface area contributed by atoms with E-state index in [9.17, 15) is 22.8 Å². The number of alkyl halides is 3. The Labute approximate surface area is 159 Å². The summed E-state index contributed by atoms with van der Waals surface area (Å²) in [5, 5.41) is 4.70. The molecule has 2 N–H and O–H groups in total. The maximum Gasteiger partial charge on any atom is 0.417 e. The molecule has 4 fully saturated rings. The molecule has 4 bridgehead atoms. The van der Waals surface area contributed by atoms with Crippen molar-refractivity contribution in [3.05, 3.63) is 28.8 Å². The van der Waals surface area contributed by atoms with E-state index in [-0.39, 0.29) is 11.2 Å². The van der Waals surface area contributed by atoms with Crippen molar-refractivity contribution in [1.82, 2.24) is 5.32 Å². The number of halogens is 4. The van der Waals surface area contributed by atoms with Gasteiger partial charge in [0.15, 0.2) is 0 Å². The monoisotopic (exact) mass is 400 g/mol. The van der Waals surface area contributed by atoms with Gasteiger partial charge in [-0.15, -0.1) is 0 Å². The predicted molar refractivity (Wildman–Crippen MR) is 94.1 cm³/mol.